The maximum absolute atomic E-state index is 10.7. The Labute approximate surface area is 85.1 Å². The van der Waals surface area contributed by atoms with Gasteiger partial charge in [0.1, 0.15) is 0 Å². The average molecular weight is 200 g/mol. The summed E-state index contributed by atoms with van der Waals surface area (Å²) in [6.07, 6.45) is 0.0181. The highest BCUT2D eigenvalue weighted by atomic mass is 16.4. The molecule has 0 bridgehead atoms. The van der Waals surface area contributed by atoms with Gasteiger partial charge in [0.05, 0.1) is 0 Å². The Bertz CT molecular complexity index is 223. The van der Waals surface area contributed by atoms with Crippen molar-refractivity contribution in [1.82, 2.24) is 4.90 Å². The molecule has 1 fully saturated rings. The summed E-state index contributed by atoms with van der Waals surface area (Å²) < 4.78 is 0. The molecule has 0 saturated carbocycles. The summed E-state index contributed by atoms with van der Waals surface area (Å²) in [6.45, 7) is 7.57. The number of piperidine rings is 1. The van der Waals surface area contributed by atoms with Gasteiger partial charge in [0.15, 0.2) is 0 Å². The highest BCUT2D eigenvalue weighted by molar-refractivity contribution is 5.65. The van der Waals surface area contributed by atoms with Gasteiger partial charge in [-0.15, -0.1) is 0 Å². The van der Waals surface area contributed by atoms with Crippen molar-refractivity contribution in [2.75, 3.05) is 13.1 Å². The number of carbonyl (C=O) groups is 1. The summed E-state index contributed by atoms with van der Waals surface area (Å²) in [4.78, 5) is 12.1. The first-order valence-corrected chi connectivity index (χ1v) is 5.06. The van der Waals surface area contributed by atoms with Crippen LogP contribution in [0.4, 0.5) is 4.79 Å². The number of hydrogen-bond donors (Lipinski definition) is 2. The molecule has 2 atom stereocenters. The summed E-state index contributed by atoms with van der Waals surface area (Å²) >= 11 is 0. The predicted molar refractivity (Wildman–Crippen MR) is 55.1 cm³/mol. The standard InChI is InChI=1S/C10H20N2O2/c1-10(2,3)7-4-5-12(9(13)14)6-8(7)11/h7-8H,4-6,11H2,1-3H3,(H,13,14). The summed E-state index contributed by atoms with van der Waals surface area (Å²) in [5.41, 5.74) is 6.16. The lowest BCUT2D eigenvalue weighted by molar-refractivity contribution is 0.0805. The van der Waals surface area contributed by atoms with Gasteiger partial charge in [-0.3, -0.25) is 0 Å². The van der Waals surface area contributed by atoms with Crippen LogP contribution in [0.1, 0.15) is 27.2 Å². The minimum Gasteiger partial charge on any atom is -0.465 e. The van der Waals surface area contributed by atoms with Gasteiger partial charge in [0, 0.05) is 19.1 Å². The Balaban J connectivity index is 2.61. The minimum absolute atomic E-state index is 0.0279. The van der Waals surface area contributed by atoms with Gasteiger partial charge < -0.3 is 15.7 Å². The first-order valence-electron chi connectivity index (χ1n) is 5.06. The van der Waals surface area contributed by atoms with Crippen LogP contribution in [-0.2, 0) is 0 Å². The Morgan fingerprint density at radius 2 is 2.07 bits per heavy atom. The van der Waals surface area contributed by atoms with Crippen LogP contribution in [0.15, 0.2) is 0 Å². The third-order valence-electron chi connectivity index (χ3n) is 3.04. The van der Waals surface area contributed by atoms with Crippen LogP contribution in [0, 0.1) is 11.3 Å². The van der Waals surface area contributed by atoms with Crippen LogP contribution < -0.4 is 5.73 Å². The summed E-state index contributed by atoms with van der Waals surface area (Å²) in [5.74, 6) is 0.415. The molecule has 4 heteroatoms. The molecule has 2 unspecified atom stereocenters. The van der Waals surface area contributed by atoms with Crippen molar-refractivity contribution >= 4 is 6.09 Å². The van der Waals surface area contributed by atoms with Crippen molar-refractivity contribution in [3.05, 3.63) is 0 Å². The molecule has 0 aliphatic carbocycles. The number of rotatable bonds is 0. The van der Waals surface area contributed by atoms with Gasteiger partial charge in [-0.2, -0.15) is 0 Å². The fourth-order valence-electron chi connectivity index (χ4n) is 2.23. The van der Waals surface area contributed by atoms with E-state index >= 15 is 0 Å². The van der Waals surface area contributed by atoms with E-state index in [2.05, 4.69) is 20.8 Å². The van der Waals surface area contributed by atoms with Crippen LogP contribution in [0.5, 0.6) is 0 Å². The Hall–Kier alpha value is -0.770. The lowest BCUT2D eigenvalue weighted by Gasteiger charge is -2.42. The second kappa shape index (κ2) is 3.77. The zero-order valence-corrected chi connectivity index (χ0v) is 9.16. The van der Waals surface area contributed by atoms with E-state index in [0.29, 0.717) is 19.0 Å². The number of likely N-dealkylation sites (tertiary alicyclic amines) is 1. The summed E-state index contributed by atoms with van der Waals surface area (Å²) in [7, 11) is 0. The molecule has 1 saturated heterocycles. The molecule has 1 aliphatic heterocycles. The Morgan fingerprint density at radius 1 is 1.50 bits per heavy atom. The van der Waals surface area contributed by atoms with Crippen LogP contribution in [0.25, 0.3) is 0 Å². The van der Waals surface area contributed by atoms with Gasteiger partial charge in [0.2, 0.25) is 0 Å². The second-order valence-electron chi connectivity index (χ2n) is 5.15. The number of nitrogens with zero attached hydrogens (tertiary/aromatic N) is 1. The van der Waals surface area contributed by atoms with E-state index in [1.807, 2.05) is 0 Å². The molecule has 14 heavy (non-hydrogen) atoms. The third-order valence-corrected chi connectivity index (χ3v) is 3.04. The van der Waals surface area contributed by atoms with Crippen molar-refractivity contribution in [1.29, 1.82) is 0 Å². The normalized spacial score (nSPS) is 29.0. The quantitative estimate of drug-likeness (QED) is 0.620. The van der Waals surface area contributed by atoms with Gasteiger partial charge in [0.25, 0.3) is 0 Å². The maximum atomic E-state index is 10.7. The van der Waals surface area contributed by atoms with Gasteiger partial charge in [-0.25, -0.2) is 4.79 Å². The summed E-state index contributed by atoms with van der Waals surface area (Å²) in [5, 5.41) is 8.82. The average Bonchev–Trinajstić information content (AvgIpc) is 2.01. The van der Waals surface area contributed by atoms with Gasteiger partial charge >= 0.3 is 6.09 Å². The molecule has 0 aromatic carbocycles. The number of amides is 1. The lowest BCUT2D eigenvalue weighted by Crippen LogP contribution is -2.53. The van der Waals surface area contributed by atoms with Gasteiger partial charge in [-0.1, -0.05) is 20.8 Å². The Kier molecular flexibility index (Phi) is 3.04. The fraction of sp³-hybridized carbons (Fsp3) is 0.900. The second-order valence-corrected chi connectivity index (χ2v) is 5.15. The zero-order chi connectivity index (χ0) is 10.9. The number of hydrogen-bond acceptors (Lipinski definition) is 2. The van der Waals surface area contributed by atoms with E-state index in [1.54, 1.807) is 0 Å². The van der Waals surface area contributed by atoms with Gasteiger partial charge in [-0.05, 0) is 17.8 Å². The number of carboxylic acid groups (broad SMARTS) is 1. The van der Waals surface area contributed by atoms with Crippen LogP contribution in [0.2, 0.25) is 0 Å². The third kappa shape index (κ3) is 2.38. The first-order chi connectivity index (χ1) is 6.32. The SMILES string of the molecule is CC(C)(C)C1CCN(C(=O)O)CC1N. The van der Waals surface area contributed by atoms with Crippen LogP contribution in [-0.4, -0.2) is 35.2 Å². The monoisotopic (exact) mass is 200 g/mol. The highest BCUT2D eigenvalue weighted by Crippen LogP contribution is 2.33. The molecule has 1 aliphatic rings. The van der Waals surface area contributed by atoms with E-state index in [-0.39, 0.29) is 11.5 Å². The molecule has 0 aromatic heterocycles. The van der Waals surface area contributed by atoms with Crippen molar-refractivity contribution in [2.45, 2.75) is 33.2 Å². The van der Waals surface area contributed by atoms with Crippen LogP contribution in [0.3, 0.4) is 0 Å². The predicted octanol–water partition coefficient (Wildman–Crippen LogP) is 1.36. The maximum Gasteiger partial charge on any atom is 0.407 e. The highest BCUT2D eigenvalue weighted by Gasteiger charge is 2.35. The van der Waals surface area contributed by atoms with E-state index in [4.69, 9.17) is 10.8 Å². The smallest absolute Gasteiger partial charge is 0.407 e. The molecule has 1 rings (SSSR count). The van der Waals surface area contributed by atoms with Crippen molar-refractivity contribution in [3.8, 4) is 0 Å². The Morgan fingerprint density at radius 3 is 2.43 bits per heavy atom. The molecular weight excluding hydrogens is 180 g/mol. The molecular formula is C10H20N2O2. The molecule has 1 heterocycles. The first kappa shape index (κ1) is 11.3. The minimum atomic E-state index is -0.854. The molecule has 0 aromatic rings. The fourth-order valence-corrected chi connectivity index (χ4v) is 2.23. The zero-order valence-electron chi connectivity index (χ0n) is 9.16. The van der Waals surface area contributed by atoms with Crippen molar-refractivity contribution in [2.24, 2.45) is 17.1 Å². The van der Waals surface area contributed by atoms with E-state index in [1.165, 1.54) is 4.90 Å². The van der Waals surface area contributed by atoms with Crippen molar-refractivity contribution < 1.29 is 9.90 Å². The molecule has 82 valence electrons. The van der Waals surface area contributed by atoms with Crippen LogP contribution >= 0.6 is 0 Å². The lowest BCUT2D eigenvalue weighted by atomic mass is 9.73. The van der Waals surface area contributed by atoms with E-state index in [9.17, 15) is 4.79 Å². The van der Waals surface area contributed by atoms with Crippen molar-refractivity contribution in [3.63, 3.8) is 0 Å². The van der Waals surface area contributed by atoms with E-state index in [0.717, 1.165) is 6.42 Å². The molecule has 0 radical (unpaired) electrons. The molecule has 4 nitrogen and oxygen atoms in total. The molecule has 3 N–H and O–H groups in total. The molecule has 0 spiro atoms. The largest absolute Gasteiger partial charge is 0.465 e. The number of nitrogens with two attached hydrogens (primary N) is 1. The molecule has 1 amide bonds. The summed E-state index contributed by atoms with van der Waals surface area (Å²) in [6, 6.07) is -0.0279. The van der Waals surface area contributed by atoms with E-state index < -0.39 is 6.09 Å². The topological polar surface area (TPSA) is 66.6 Å².